The maximum absolute atomic E-state index is 12.4. The van der Waals surface area contributed by atoms with Crippen LogP contribution in [0.5, 0.6) is 0 Å². The summed E-state index contributed by atoms with van der Waals surface area (Å²) in [5.41, 5.74) is 3.39. The molecule has 0 unspecified atom stereocenters. The van der Waals surface area contributed by atoms with E-state index in [1.807, 2.05) is 36.5 Å². The van der Waals surface area contributed by atoms with Gasteiger partial charge in [0.05, 0.1) is 16.4 Å². The van der Waals surface area contributed by atoms with Crippen LogP contribution >= 0.6 is 27.5 Å². The van der Waals surface area contributed by atoms with E-state index in [1.165, 1.54) is 0 Å². The molecule has 2 aromatic carbocycles. The van der Waals surface area contributed by atoms with Gasteiger partial charge in [-0.05, 0) is 70.7 Å². The normalized spacial score (nSPS) is 15.0. The number of hydrogen-bond donors (Lipinski definition) is 2. The molecule has 0 radical (unpaired) electrons. The molecule has 1 fully saturated rings. The minimum absolute atomic E-state index is 0.166. The third-order valence-electron chi connectivity index (χ3n) is 5.77. The molecule has 4 aromatic rings. The van der Waals surface area contributed by atoms with Gasteiger partial charge in [0.15, 0.2) is 0 Å². The van der Waals surface area contributed by atoms with Crippen LogP contribution in [0.25, 0.3) is 11.0 Å². The van der Waals surface area contributed by atoms with Gasteiger partial charge in [-0.1, -0.05) is 36.2 Å². The molecule has 0 atom stereocenters. The number of anilines is 1. The number of aromatic amines is 1. The highest BCUT2D eigenvalue weighted by molar-refractivity contribution is 9.10. The number of carbonyl (C=O) groups excluding carboxylic acids is 1. The van der Waals surface area contributed by atoms with Crippen LogP contribution in [0.4, 0.5) is 5.82 Å². The number of amides is 1. The summed E-state index contributed by atoms with van der Waals surface area (Å²) in [6.45, 7) is 0. The molecule has 1 amide bonds. The Labute approximate surface area is 187 Å². The molecule has 30 heavy (non-hydrogen) atoms. The Morgan fingerprint density at radius 3 is 2.63 bits per heavy atom. The van der Waals surface area contributed by atoms with Crippen molar-refractivity contribution in [3.63, 3.8) is 0 Å². The standard InChI is InChI=1S/C23H18BrClN4O/c24-17-6-2-7-18-20(17)29-22(27-18)23(10-3-11-23)15-8-9-19(26-13-15)28-21(30)14-4-1-5-16(25)12-14/h1-2,4-9,12-13H,3,10-11H2,(H,27,29)(H,26,28,30). The molecule has 7 heteroatoms. The van der Waals surface area contributed by atoms with Crippen molar-refractivity contribution in [3.05, 3.63) is 87.2 Å². The van der Waals surface area contributed by atoms with E-state index in [2.05, 4.69) is 31.2 Å². The van der Waals surface area contributed by atoms with Crippen LogP contribution in [0.3, 0.4) is 0 Å². The SMILES string of the molecule is O=C(Nc1ccc(C2(c3nc4cccc(Br)c4[nH]3)CCC2)cn1)c1cccc(Cl)c1. The number of pyridine rings is 1. The number of fused-ring (bicyclic) bond motifs is 1. The summed E-state index contributed by atoms with van der Waals surface area (Å²) in [6, 6.07) is 16.7. The summed E-state index contributed by atoms with van der Waals surface area (Å²) >= 11 is 9.57. The average Bonchev–Trinajstić information content (AvgIpc) is 3.14. The zero-order chi connectivity index (χ0) is 20.7. The van der Waals surface area contributed by atoms with Crippen molar-refractivity contribution in [2.75, 3.05) is 5.32 Å². The lowest BCUT2D eigenvalue weighted by Crippen LogP contribution is -2.36. The van der Waals surface area contributed by atoms with Crippen LogP contribution in [0, 0.1) is 0 Å². The van der Waals surface area contributed by atoms with E-state index < -0.39 is 0 Å². The summed E-state index contributed by atoms with van der Waals surface area (Å²) < 4.78 is 1.01. The molecule has 0 aliphatic heterocycles. The van der Waals surface area contributed by atoms with E-state index in [1.54, 1.807) is 24.3 Å². The number of nitrogens with one attached hydrogen (secondary N) is 2. The van der Waals surface area contributed by atoms with Crippen LogP contribution in [-0.2, 0) is 5.41 Å². The zero-order valence-electron chi connectivity index (χ0n) is 16.0. The zero-order valence-corrected chi connectivity index (χ0v) is 18.3. The first kappa shape index (κ1) is 19.3. The second-order valence-corrected chi connectivity index (χ2v) is 8.84. The molecular formula is C23H18BrClN4O. The number of hydrogen-bond acceptors (Lipinski definition) is 3. The van der Waals surface area contributed by atoms with Gasteiger partial charge >= 0.3 is 0 Å². The molecule has 5 rings (SSSR count). The van der Waals surface area contributed by atoms with Gasteiger partial charge in [0, 0.05) is 21.3 Å². The second kappa shape index (κ2) is 7.52. The topological polar surface area (TPSA) is 70.7 Å². The highest BCUT2D eigenvalue weighted by atomic mass is 79.9. The highest BCUT2D eigenvalue weighted by Crippen LogP contribution is 2.48. The first-order valence-corrected chi connectivity index (χ1v) is 10.9. The van der Waals surface area contributed by atoms with Gasteiger partial charge in [0.2, 0.25) is 0 Å². The van der Waals surface area contributed by atoms with Crippen LogP contribution < -0.4 is 5.32 Å². The van der Waals surface area contributed by atoms with E-state index in [-0.39, 0.29) is 11.3 Å². The number of rotatable bonds is 4. The van der Waals surface area contributed by atoms with Gasteiger partial charge in [0.1, 0.15) is 11.6 Å². The molecule has 150 valence electrons. The van der Waals surface area contributed by atoms with Gasteiger partial charge in [-0.3, -0.25) is 4.79 Å². The summed E-state index contributed by atoms with van der Waals surface area (Å²) in [7, 11) is 0. The molecule has 1 aliphatic rings. The number of nitrogens with zero attached hydrogens (tertiary/aromatic N) is 2. The van der Waals surface area contributed by atoms with Crippen LogP contribution in [0.15, 0.2) is 65.3 Å². The molecule has 0 spiro atoms. The summed E-state index contributed by atoms with van der Waals surface area (Å²) in [5, 5.41) is 3.35. The number of H-pyrrole nitrogens is 1. The largest absolute Gasteiger partial charge is 0.340 e. The lowest BCUT2D eigenvalue weighted by atomic mass is 9.64. The first-order valence-electron chi connectivity index (χ1n) is 9.73. The number of imidazole rings is 1. The number of halogens is 2. The van der Waals surface area contributed by atoms with E-state index in [0.717, 1.165) is 46.2 Å². The fourth-order valence-electron chi connectivity index (χ4n) is 3.98. The molecule has 1 saturated carbocycles. The molecule has 2 aromatic heterocycles. The van der Waals surface area contributed by atoms with Crippen LogP contribution in [0.2, 0.25) is 5.02 Å². The van der Waals surface area contributed by atoms with Crippen molar-refractivity contribution in [1.29, 1.82) is 0 Å². The lowest BCUT2D eigenvalue weighted by Gasteiger charge is -2.40. The van der Waals surface area contributed by atoms with Crippen molar-refractivity contribution in [1.82, 2.24) is 15.0 Å². The van der Waals surface area contributed by atoms with Crippen molar-refractivity contribution in [3.8, 4) is 0 Å². The predicted octanol–water partition coefficient (Wildman–Crippen LogP) is 6.10. The number of aromatic nitrogens is 3. The van der Waals surface area contributed by atoms with Gasteiger partial charge in [-0.2, -0.15) is 0 Å². The lowest BCUT2D eigenvalue weighted by molar-refractivity contribution is 0.102. The second-order valence-electron chi connectivity index (χ2n) is 7.55. The van der Waals surface area contributed by atoms with E-state index in [4.69, 9.17) is 16.6 Å². The molecule has 0 saturated heterocycles. The van der Waals surface area contributed by atoms with Crippen molar-refractivity contribution < 1.29 is 4.79 Å². The van der Waals surface area contributed by atoms with Gasteiger partial charge in [-0.25, -0.2) is 9.97 Å². The first-order chi connectivity index (χ1) is 14.5. The predicted molar refractivity (Wildman–Crippen MR) is 122 cm³/mol. The summed E-state index contributed by atoms with van der Waals surface area (Å²) in [4.78, 5) is 25.3. The maximum atomic E-state index is 12.4. The smallest absolute Gasteiger partial charge is 0.256 e. The monoisotopic (exact) mass is 480 g/mol. The third kappa shape index (κ3) is 3.30. The Bertz CT molecular complexity index is 1250. The Kier molecular flexibility index (Phi) is 4.83. The summed E-state index contributed by atoms with van der Waals surface area (Å²) in [5.74, 6) is 1.23. The highest BCUT2D eigenvalue weighted by Gasteiger charge is 2.43. The van der Waals surface area contributed by atoms with Gasteiger partial charge in [0.25, 0.3) is 5.91 Å². The van der Waals surface area contributed by atoms with E-state index in [0.29, 0.717) is 16.4 Å². The van der Waals surface area contributed by atoms with E-state index >= 15 is 0 Å². The number of carbonyl (C=O) groups is 1. The Balaban J connectivity index is 1.42. The fourth-order valence-corrected chi connectivity index (χ4v) is 4.63. The molecule has 2 N–H and O–H groups in total. The van der Waals surface area contributed by atoms with Crippen molar-refractivity contribution >= 4 is 50.3 Å². The minimum atomic E-state index is -0.238. The molecule has 0 bridgehead atoms. The Morgan fingerprint density at radius 2 is 1.97 bits per heavy atom. The summed E-state index contributed by atoms with van der Waals surface area (Å²) in [6.07, 6.45) is 5.02. The maximum Gasteiger partial charge on any atom is 0.256 e. The number of benzene rings is 2. The van der Waals surface area contributed by atoms with Gasteiger partial charge in [-0.15, -0.1) is 0 Å². The Morgan fingerprint density at radius 1 is 1.13 bits per heavy atom. The third-order valence-corrected chi connectivity index (χ3v) is 6.67. The van der Waals surface area contributed by atoms with Gasteiger partial charge < -0.3 is 10.3 Å². The quantitative estimate of drug-likeness (QED) is 0.370. The molecule has 1 aliphatic carbocycles. The number of para-hydroxylation sites is 1. The fraction of sp³-hybridized carbons (Fsp3) is 0.174. The molecule has 5 nitrogen and oxygen atoms in total. The van der Waals surface area contributed by atoms with E-state index in [9.17, 15) is 4.79 Å². The Hall–Kier alpha value is -2.70. The molecule has 2 heterocycles. The minimum Gasteiger partial charge on any atom is -0.340 e. The molecular weight excluding hydrogens is 464 g/mol. The average molecular weight is 482 g/mol. The van der Waals surface area contributed by atoms with Crippen molar-refractivity contribution in [2.45, 2.75) is 24.7 Å². The van der Waals surface area contributed by atoms with Crippen molar-refractivity contribution in [2.24, 2.45) is 0 Å². The van der Waals surface area contributed by atoms with Crippen LogP contribution in [0.1, 0.15) is 41.0 Å². The van der Waals surface area contributed by atoms with Crippen LogP contribution in [-0.4, -0.2) is 20.9 Å².